The van der Waals surface area contributed by atoms with Crippen LogP contribution in [0.3, 0.4) is 0 Å². The maximum Gasteiger partial charge on any atom is 0.237 e. The van der Waals surface area contributed by atoms with E-state index < -0.39 is 0 Å². The van der Waals surface area contributed by atoms with Gasteiger partial charge in [0.15, 0.2) is 0 Å². The number of fused-ring (bicyclic) bond motifs is 1. The van der Waals surface area contributed by atoms with E-state index in [4.69, 9.17) is 14.7 Å². The topological polar surface area (TPSA) is 90.9 Å². The Hall–Kier alpha value is -2.26. The fourth-order valence-electron chi connectivity index (χ4n) is 4.58. The van der Waals surface area contributed by atoms with Gasteiger partial charge in [0.25, 0.3) is 0 Å². The molecule has 0 saturated carbocycles. The highest BCUT2D eigenvalue weighted by Gasteiger charge is 2.30. The van der Waals surface area contributed by atoms with Crippen molar-refractivity contribution < 1.29 is 14.3 Å². The molecule has 2 fully saturated rings. The molecule has 1 atom stereocenters. The molecule has 164 valence electrons. The number of nitrogens with zero attached hydrogens (tertiary/aromatic N) is 5. The third kappa shape index (κ3) is 4.57. The molecule has 2 saturated heterocycles. The Kier molecular flexibility index (Phi) is 6.48. The lowest BCUT2D eigenvalue weighted by Crippen LogP contribution is -2.46. The quantitative estimate of drug-likeness (QED) is 0.763. The summed E-state index contributed by atoms with van der Waals surface area (Å²) < 4.78 is 5.38. The molecule has 1 unspecified atom stereocenters. The lowest BCUT2D eigenvalue weighted by molar-refractivity contribution is -0.134. The van der Waals surface area contributed by atoms with Gasteiger partial charge in [0.2, 0.25) is 11.8 Å². The summed E-state index contributed by atoms with van der Waals surface area (Å²) in [7, 11) is 1.88. The van der Waals surface area contributed by atoms with Gasteiger partial charge in [-0.25, -0.2) is 9.97 Å². The zero-order valence-corrected chi connectivity index (χ0v) is 18.0. The second-order valence-corrected chi connectivity index (χ2v) is 8.36. The van der Waals surface area contributed by atoms with Gasteiger partial charge in [-0.15, -0.1) is 0 Å². The summed E-state index contributed by atoms with van der Waals surface area (Å²) in [4.78, 5) is 40.4. The van der Waals surface area contributed by atoms with Crippen LogP contribution >= 0.6 is 0 Å². The zero-order chi connectivity index (χ0) is 21.1. The van der Waals surface area contributed by atoms with E-state index in [-0.39, 0.29) is 17.7 Å². The molecule has 30 heavy (non-hydrogen) atoms. The van der Waals surface area contributed by atoms with Crippen molar-refractivity contribution in [1.29, 1.82) is 0 Å². The molecule has 0 radical (unpaired) electrons. The molecular weight excluding hydrogens is 384 g/mol. The van der Waals surface area contributed by atoms with Gasteiger partial charge in [-0.3, -0.25) is 14.5 Å². The van der Waals surface area contributed by atoms with Crippen molar-refractivity contribution in [3.63, 3.8) is 0 Å². The van der Waals surface area contributed by atoms with E-state index in [2.05, 4.69) is 10.2 Å². The Morgan fingerprint density at radius 2 is 1.93 bits per heavy atom. The van der Waals surface area contributed by atoms with Crippen molar-refractivity contribution in [3.05, 3.63) is 17.1 Å². The van der Waals surface area contributed by atoms with Crippen LogP contribution in [0.15, 0.2) is 0 Å². The predicted molar refractivity (Wildman–Crippen MR) is 112 cm³/mol. The summed E-state index contributed by atoms with van der Waals surface area (Å²) in [6, 6.07) is 0. The van der Waals surface area contributed by atoms with Crippen molar-refractivity contribution in [2.75, 3.05) is 64.8 Å². The number of hydrogen-bond acceptors (Lipinski definition) is 7. The molecule has 4 heterocycles. The number of amides is 2. The van der Waals surface area contributed by atoms with Crippen LogP contribution in [-0.4, -0.2) is 96.0 Å². The Balaban J connectivity index is 1.50. The standard InChI is InChI=1S/C21H32N6O3/c1-15(28)26-6-3-4-16(12-26)20-23-18-13-27(7-5-17(18)21(22-2)24-20)19(29)14-25-8-10-30-11-9-25/h16H,3-14H2,1-2H3,(H,22,23,24). The normalized spacial score (nSPS) is 22.5. The van der Waals surface area contributed by atoms with Gasteiger partial charge in [0.1, 0.15) is 11.6 Å². The summed E-state index contributed by atoms with van der Waals surface area (Å²) in [5.41, 5.74) is 2.04. The molecule has 0 aromatic carbocycles. The summed E-state index contributed by atoms with van der Waals surface area (Å²) >= 11 is 0. The summed E-state index contributed by atoms with van der Waals surface area (Å²) in [6.45, 7) is 7.73. The van der Waals surface area contributed by atoms with Gasteiger partial charge in [0.05, 0.1) is 32.0 Å². The highest BCUT2D eigenvalue weighted by Crippen LogP contribution is 2.30. The SMILES string of the molecule is CNc1nc(C2CCCN(C(C)=O)C2)nc2c1CCN(C(=O)CN1CCOCC1)C2. The van der Waals surface area contributed by atoms with Crippen molar-refractivity contribution in [2.24, 2.45) is 0 Å². The molecule has 9 nitrogen and oxygen atoms in total. The average Bonchev–Trinajstić information content (AvgIpc) is 2.78. The van der Waals surface area contributed by atoms with Gasteiger partial charge in [-0.05, 0) is 19.3 Å². The Bertz CT molecular complexity index is 795. The predicted octanol–water partition coefficient (Wildman–Crippen LogP) is 0.461. The summed E-state index contributed by atoms with van der Waals surface area (Å²) in [6.07, 6.45) is 2.69. The number of hydrogen-bond donors (Lipinski definition) is 1. The van der Waals surface area contributed by atoms with E-state index in [1.54, 1.807) is 6.92 Å². The van der Waals surface area contributed by atoms with Crippen molar-refractivity contribution >= 4 is 17.6 Å². The molecule has 9 heteroatoms. The molecular formula is C21H32N6O3. The van der Waals surface area contributed by atoms with Crippen LogP contribution in [0.5, 0.6) is 0 Å². The van der Waals surface area contributed by atoms with E-state index in [0.29, 0.717) is 39.4 Å². The van der Waals surface area contributed by atoms with Gasteiger partial charge in [-0.2, -0.15) is 0 Å². The third-order valence-electron chi connectivity index (χ3n) is 6.37. The third-order valence-corrected chi connectivity index (χ3v) is 6.37. The molecule has 1 aromatic heterocycles. The second kappa shape index (κ2) is 9.26. The Morgan fingerprint density at radius 3 is 2.67 bits per heavy atom. The van der Waals surface area contributed by atoms with E-state index in [1.807, 2.05) is 16.8 Å². The molecule has 0 bridgehead atoms. The molecule has 4 rings (SSSR count). The van der Waals surface area contributed by atoms with E-state index in [0.717, 1.165) is 61.8 Å². The minimum absolute atomic E-state index is 0.103. The van der Waals surface area contributed by atoms with Crippen LogP contribution < -0.4 is 5.32 Å². The Morgan fingerprint density at radius 1 is 1.13 bits per heavy atom. The first-order chi connectivity index (χ1) is 14.5. The first kappa shape index (κ1) is 21.0. The van der Waals surface area contributed by atoms with Crippen LogP contribution in [0.4, 0.5) is 5.82 Å². The number of carbonyl (C=O) groups is 2. The highest BCUT2D eigenvalue weighted by molar-refractivity contribution is 5.78. The molecule has 1 N–H and O–H groups in total. The first-order valence-corrected chi connectivity index (χ1v) is 11.0. The smallest absolute Gasteiger partial charge is 0.237 e. The monoisotopic (exact) mass is 416 g/mol. The number of ether oxygens (including phenoxy) is 1. The number of nitrogens with one attached hydrogen (secondary N) is 1. The molecule has 0 aliphatic carbocycles. The van der Waals surface area contributed by atoms with Gasteiger partial charge < -0.3 is 19.9 Å². The van der Waals surface area contributed by atoms with Gasteiger partial charge >= 0.3 is 0 Å². The molecule has 0 spiro atoms. The molecule has 3 aliphatic rings. The fourth-order valence-corrected chi connectivity index (χ4v) is 4.58. The lowest BCUT2D eigenvalue weighted by Gasteiger charge is -2.34. The number of morpholine rings is 1. The maximum absolute atomic E-state index is 12.9. The van der Waals surface area contributed by atoms with Crippen LogP contribution in [0, 0.1) is 0 Å². The zero-order valence-electron chi connectivity index (χ0n) is 18.0. The number of rotatable bonds is 4. The minimum Gasteiger partial charge on any atom is -0.379 e. The summed E-state index contributed by atoms with van der Waals surface area (Å²) in [5.74, 6) is 2.03. The number of anilines is 1. The first-order valence-electron chi connectivity index (χ1n) is 11.0. The lowest BCUT2D eigenvalue weighted by atomic mass is 9.96. The van der Waals surface area contributed by atoms with Crippen LogP contribution in [0.1, 0.15) is 42.8 Å². The molecule has 2 amide bonds. The van der Waals surface area contributed by atoms with Crippen molar-refractivity contribution in [3.8, 4) is 0 Å². The van der Waals surface area contributed by atoms with Crippen molar-refractivity contribution in [1.82, 2.24) is 24.7 Å². The van der Waals surface area contributed by atoms with Crippen LogP contribution in [-0.2, 0) is 27.3 Å². The van der Waals surface area contributed by atoms with Crippen LogP contribution in [0.2, 0.25) is 0 Å². The number of aromatic nitrogens is 2. The van der Waals surface area contributed by atoms with Crippen LogP contribution in [0.25, 0.3) is 0 Å². The number of likely N-dealkylation sites (tertiary alicyclic amines) is 1. The van der Waals surface area contributed by atoms with E-state index in [1.165, 1.54) is 0 Å². The number of carbonyl (C=O) groups excluding carboxylic acids is 2. The van der Waals surface area contributed by atoms with Gasteiger partial charge in [-0.1, -0.05) is 0 Å². The molecule has 1 aromatic rings. The summed E-state index contributed by atoms with van der Waals surface area (Å²) in [5, 5.41) is 3.22. The number of piperidine rings is 1. The Labute approximate surface area is 177 Å². The fraction of sp³-hybridized carbons (Fsp3) is 0.714. The van der Waals surface area contributed by atoms with E-state index in [9.17, 15) is 9.59 Å². The second-order valence-electron chi connectivity index (χ2n) is 8.36. The average molecular weight is 417 g/mol. The minimum atomic E-state index is 0.103. The van der Waals surface area contributed by atoms with Crippen molar-refractivity contribution in [2.45, 2.75) is 38.6 Å². The van der Waals surface area contributed by atoms with Gasteiger partial charge in [0, 0.05) is 58.2 Å². The maximum atomic E-state index is 12.9. The highest BCUT2D eigenvalue weighted by atomic mass is 16.5. The largest absolute Gasteiger partial charge is 0.379 e. The molecule has 3 aliphatic heterocycles. The van der Waals surface area contributed by atoms with E-state index >= 15 is 0 Å².